The lowest BCUT2D eigenvalue weighted by Crippen LogP contribution is -2.32. The molecule has 1 saturated heterocycles. The van der Waals surface area contributed by atoms with Gasteiger partial charge < -0.3 is 9.72 Å². The Labute approximate surface area is 130 Å². The number of hydrogen-bond acceptors (Lipinski definition) is 3. The molecule has 0 bridgehead atoms. The van der Waals surface area contributed by atoms with Crippen molar-refractivity contribution in [2.24, 2.45) is 5.92 Å². The molecule has 4 nitrogen and oxygen atoms in total. The summed E-state index contributed by atoms with van der Waals surface area (Å²) < 4.78 is 4.80. The smallest absolute Gasteiger partial charge is 0.305 e. The fourth-order valence-electron chi connectivity index (χ4n) is 4.30. The third kappa shape index (κ3) is 2.13. The lowest BCUT2D eigenvalue weighted by atomic mass is 9.88. The van der Waals surface area contributed by atoms with Gasteiger partial charge in [-0.15, -0.1) is 0 Å². The fraction of sp³-hybridized carbons (Fsp3) is 0.500. The number of H-pyrrole nitrogens is 1. The van der Waals surface area contributed by atoms with E-state index < -0.39 is 0 Å². The van der Waals surface area contributed by atoms with Gasteiger partial charge in [-0.05, 0) is 43.4 Å². The number of rotatable bonds is 3. The average Bonchev–Trinajstić information content (AvgIpc) is 3.13. The van der Waals surface area contributed by atoms with Crippen LogP contribution in [-0.2, 0) is 16.0 Å². The van der Waals surface area contributed by atoms with Crippen molar-refractivity contribution in [3.8, 4) is 0 Å². The van der Waals surface area contributed by atoms with E-state index in [1.807, 2.05) is 0 Å². The standard InChI is InChI=1S/C18H22N2O2/c1-22-16(21)7-6-12-8-10-20-11-9-14-13-4-2-3-5-15(13)19-17(14)18(12)20/h2-5,12,18-19H,6-11H2,1H3. The summed E-state index contributed by atoms with van der Waals surface area (Å²) in [4.78, 5) is 17.7. The Hall–Kier alpha value is -1.81. The summed E-state index contributed by atoms with van der Waals surface area (Å²) in [6.45, 7) is 2.28. The van der Waals surface area contributed by atoms with Crippen LogP contribution < -0.4 is 0 Å². The SMILES string of the molecule is COC(=O)CCC1CCN2CCc3c([nH]c4ccccc34)C12. The largest absolute Gasteiger partial charge is 0.469 e. The monoisotopic (exact) mass is 298 g/mol. The quantitative estimate of drug-likeness (QED) is 0.886. The molecule has 0 saturated carbocycles. The molecule has 2 aliphatic rings. The molecule has 4 heteroatoms. The summed E-state index contributed by atoms with van der Waals surface area (Å²) in [6, 6.07) is 9.04. The van der Waals surface area contributed by atoms with Crippen molar-refractivity contribution in [1.29, 1.82) is 0 Å². The number of nitrogens with zero attached hydrogens (tertiary/aromatic N) is 1. The Bertz CT molecular complexity index is 706. The Morgan fingerprint density at radius 2 is 2.23 bits per heavy atom. The van der Waals surface area contributed by atoms with Crippen molar-refractivity contribution in [2.45, 2.75) is 31.7 Å². The van der Waals surface area contributed by atoms with Gasteiger partial charge in [0.2, 0.25) is 0 Å². The first-order chi connectivity index (χ1) is 10.8. The predicted octanol–water partition coefficient (Wildman–Crippen LogP) is 3.04. The highest BCUT2D eigenvalue weighted by atomic mass is 16.5. The first-order valence-electron chi connectivity index (χ1n) is 8.18. The van der Waals surface area contributed by atoms with Crippen LogP contribution in [0.2, 0.25) is 0 Å². The van der Waals surface area contributed by atoms with Crippen molar-refractivity contribution in [1.82, 2.24) is 9.88 Å². The first kappa shape index (κ1) is 13.8. The van der Waals surface area contributed by atoms with E-state index in [9.17, 15) is 4.79 Å². The molecular weight excluding hydrogens is 276 g/mol. The van der Waals surface area contributed by atoms with Gasteiger partial charge in [-0.2, -0.15) is 0 Å². The second-order valence-electron chi connectivity index (χ2n) is 6.46. The summed E-state index contributed by atoms with van der Waals surface area (Å²) in [7, 11) is 1.47. The normalized spacial score (nSPS) is 24.2. The highest BCUT2D eigenvalue weighted by Crippen LogP contribution is 2.45. The van der Waals surface area contributed by atoms with Gasteiger partial charge in [0.15, 0.2) is 0 Å². The summed E-state index contributed by atoms with van der Waals surface area (Å²) >= 11 is 0. The Morgan fingerprint density at radius 3 is 3.09 bits per heavy atom. The number of hydrogen-bond donors (Lipinski definition) is 1. The maximum absolute atomic E-state index is 11.5. The van der Waals surface area contributed by atoms with Crippen molar-refractivity contribution in [2.75, 3.05) is 20.2 Å². The minimum atomic E-state index is -0.0915. The van der Waals surface area contributed by atoms with Crippen LogP contribution in [0.4, 0.5) is 0 Å². The van der Waals surface area contributed by atoms with Crippen LogP contribution >= 0.6 is 0 Å². The molecule has 4 rings (SSSR count). The maximum Gasteiger partial charge on any atom is 0.305 e. The summed E-state index contributed by atoms with van der Waals surface area (Å²) in [5.41, 5.74) is 4.12. The van der Waals surface area contributed by atoms with Crippen molar-refractivity contribution < 1.29 is 9.53 Å². The fourth-order valence-corrected chi connectivity index (χ4v) is 4.30. The number of para-hydroxylation sites is 1. The van der Waals surface area contributed by atoms with E-state index in [2.05, 4.69) is 34.1 Å². The molecule has 0 amide bonds. The van der Waals surface area contributed by atoms with Crippen LogP contribution in [0.25, 0.3) is 10.9 Å². The molecule has 1 aromatic heterocycles. The van der Waals surface area contributed by atoms with E-state index >= 15 is 0 Å². The van der Waals surface area contributed by atoms with Gasteiger partial charge in [0, 0.05) is 29.6 Å². The maximum atomic E-state index is 11.5. The Balaban J connectivity index is 1.66. The molecule has 0 aliphatic carbocycles. The molecule has 116 valence electrons. The predicted molar refractivity (Wildman–Crippen MR) is 85.7 cm³/mol. The van der Waals surface area contributed by atoms with Crippen LogP contribution in [-0.4, -0.2) is 36.1 Å². The van der Waals surface area contributed by atoms with E-state index in [0.717, 1.165) is 25.9 Å². The number of fused-ring (bicyclic) bond motifs is 5. The second kappa shape index (κ2) is 5.43. The average molecular weight is 298 g/mol. The molecule has 2 aliphatic heterocycles. The number of carbonyl (C=O) groups excluding carboxylic acids is 1. The number of esters is 1. The number of aromatic amines is 1. The second-order valence-corrected chi connectivity index (χ2v) is 6.46. The van der Waals surface area contributed by atoms with Crippen molar-refractivity contribution in [3.05, 3.63) is 35.5 Å². The van der Waals surface area contributed by atoms with Gasteiger partial charge in [-0.25, -0.2) is 0 Å². The van der Waals surface area contributed by atoms with Gasteiger partial charge in [-0.3, -0.25) is 9.69 Å². The van der Waals surface area contributed by atoms with Crippen LogP contribution in [0.3, 0.4) is 0 Å². The number of ether oxygens (including phenoxy) is 1. The summed E-state index contributed by atoms with van der Waals surface area (Å²) in [5.74, 6) is 0.456. The number of benzene rings is 1. The van der Waals surface area contributed by atoms with Crippen LogP contribution in [0, 0.1) is 5.92 Å². The van der Waals surface area contributed by atoms with Crippen molar-refractivity contribution >= 4 is 16.9 Å². The van der Waals surface area contributed by atoms with Gasteiger partial charge in [0.25, 0.3) is 0 Å². The third-order valence-corrected chi connectivity index (χ3v) is 5.37. The number of methoxy groups -OCH3 is 1. The van der Waals surface area contributed by atoms with E-state index in [1.165, 1.54) is 35.7 Å². The van der Waals surface area contributed by atoms with Gasteiger partial charge in [0.05, 0.1) is 13.2 Å². The minimum Gasteiger partial charge on any atom is -0.469 e. The van der Waals surface area contributed by atoms with Gasteiger partial charge >= 0.3 is 5.97 Å². The molecule has 1 aromatic carbocycles. The molecule has 0 spiro atoms. The van der Waals surface area contributed by atoms with E-state index in [1.54, 1.807) is 0 Å². The molecule has 2 unspecified atom stereocenters. The summed E-state index contributed by atoms with van der Waals surface area (Å²) in [5, 5.41) is 1.37. The zero-order valence-electron chi connectivity index (χ0n) is 13.0. The Morgan fingerprint density at radius 1 is 1.36 bits per heavy atom. The minimum absolute atomic E-state index is 0.0915. The number of aromatic nitrogens is 1. The number of carbonyl (C=O) groups is 1. The van der Waals surface area contributed by atoms with E-state index in [-0.39, 0.29) is 5.97 Å². The van der Waals surface area contributed by atoms with E-state index in [0.29, 0.717) is 18.4 Å². The molecule has 22 heavy (non-hydrogen) atoms. The summed E-state index contributed by atoms with van der Waals surface area (Å²) in [6.07, 6.45) is 3.75. The van der Waals surface area contributed by atoms with Crippen LogP contribution in [0.5, 0.6) is 0 Å². The molecule has 2 atom stereocenters. The molecule has 1 N–H and O–H groups in total. The molecule has 2 aromatic rings. The van der Waals surface area contributed by atoms with Gasteiger partial charge in [-0.1, -0.05) is 18.2 Å². The lowest BCUT2D eigenvalue weighted by molar-refractivity contribution is -0.141. The molecule has 0 radical (unpaired) electrons. The molecule has 1 fully saturated rings. The Kier molecular flexibility index (Phi) is 3.41. The van der Waals surface area contributed by atoms with Gasteiger partial charge in [0.1, 0.15) is 0 Å². The zero-order chi connectivity index (χ0) is 15.1. The topological polar surface area (TPSA) is 45.3 Å². The molecular formula is C18H22N2O2. The first-order valence-corrected chi connectivity index (χ1v) is 8.18. The highest BCUT2D eigenvalue weighted by Gasteiger charge is 2.40. The molecule has 3 heterocycles. The zero-order valence-corrected chi connectivity index (χ0v) is 13.0. The van der Waals surface area contributed by atoms with E-state index in [4.69, 9.17) is 4.74 Å². The lowest BCUT2D eigenvalue weighted by Gasteiger charge is -2.32. The number of nitrogens with one attached hydrogen (secondary N) is 1. The van der Waals surface area contributed by atoms with Crippen molar-refractivity contribution in [3.63, 3.8) is 0 Å². The van der Waals surface area contributed by atoms with Crippen LogP contribution in [0.15, 0.2) is 24.3 Å². The highest BCUT2D eigenvalue weighted by molar-refractivity contribution is 5.85. The van der Waals surface area contributed by atoms with Crippen LogP contribution in [0.1, 0.15) is 36.6 Å². The third-order valence-electron chi connectivity index (χ3n) is 5.37.